The molecule has 0 aliphatic heterocycles. The van der Waals surface area contributed by atoms with Crippen LogP contribution >= 0.6 is 0 Å². The molecule has 0 aliphatic rings. The van der Waals surface area contributed by atoms with E-state index >= 15 is 0 Å². The Morgan fingerprint density at radius 1 is 1.00 bits per heavy atom. The van der Waals surface area contributed by atoms with Gasteiger partial charge in [-0.15, -0.1) is 0 Å². The van der Waals surface area contributed by atoms with E-state index < -0.39 is 0 Å². The second-order valence-corrected chi connectivity index (χ2v) is 6.26. The van der Waals surface area contributed by atoms with E-state index in [0.717, 1.165) is 11.3 Å². The fourth-order valence-electron chi connectivity index (χ4n) is 2.78. The van der Waals surface area contributed by atoms with Crippen LogP contribution in [0.15, 0.2) is 60.8 Å². The summed E-state index contributed by atoms with van der Waals surface area (Å²) in [6.07, 6.45) is 2.19. The van der Waals surface area contributed by atoms with E-state index in [0.29, 0.717) is 35.8 Å². The minimum absolute atomic E-state index is 0.204. The minimum Gasteiger partial charge on any atom is -0.493 e. The first-order valence-corrected chi connectivity index (χ1v) is 9.07. The number of nitrogens with one attached hydrogen (secondary N) is 2. The van der Waals surface area contributed by atoms with Crippen LogP contribution < -0.4 is 20.1 Å². The summed E-state index contributed by atoms with van der Waals surface area (Å²) in [6.45, 7) is 0.450. The van der Waals surface area contributed by atoms with Crippen molar-refractivity contribution in [3.05, 3.63) is 77.7 Å². The Morgan fingerprint density at radius 3 is 2.48 bits per heavy atom. The Bertz CT molecular complexity index is 977. The van der Waals surface area contributed by atoms with Crippen molar-refractivity contribution in [1.82, 2.24) is 10.3 Å². The second kappa shape index (κ2) is 9.54. The molecule has 0 saturated carbocycles. The van der Waals surface area contributed by atoms with Gasteiger partial charge in [-0.3, -0.25) is 4.79 Å². The normalized spacial score (nSPS) is 10.3. The monoisotopic (exact) mass is 395 g/mol. The van der Waals surface area contributed by atoms with Gasteiger partial charge in [-0.1, -0.05) is 12.1 Å². The SMILES string of the molecule is COc1ccc(Nc2cc(C(=O)NCCc3ccc(F)cc3)ccn2)cc1OC. The van der Waals surface area contributed by atoms with Gasteiger partial charge in [-0.2, -0.15) is 0 Å². The molecule has 7 heteroatoms. The van der Waals surface area contributed by atoms with Gasteiger partial charge in [0.1, 0.15) is 11.6 Å². The average Bonchev–Trinajstić information content (AvgIpc) is 2.75. The summed E-state index contributed by atoms with van der Waals surface area (Å²) in [5.41, 5.74) is 2.20. The van der Waals surface area contributed by atoms with E-state index in [1.54, 1.807) is 56.8 Å². The van der Waals surface area contributed by atoms with Gasteiger partial charge >= 0.3 is 0 Å². The van der Waals surface area contributed by atoms with Crippen LogP contribution in [0.25, 0.3) is 0 Å². The number of carbonyl (C=O) groups is 1. The van der Waals surface area contributed by atoms with E-state index in [1.165, 1.54) is 12.1 Å². The summed E-state index contributed by atoms with van der Waals surface area (Å²) < 4.78 is 23.5. The maximum absolute atomic E-state index is 12.9. The zero-order valence-electron chi connectivity index (χ0n) is 16.2. The average molecular weight is 395 g/mol. The van der Waals surface area contributed by atoms with Gasteiger partial charge < -0.3 is 20.1 Å². The predicted octanol–water partition coefficient (Wildman–Crippen LogP) is 3.95. The Hall–Kier alpha value is -3.61. The van der Waals surface area contributed by atoms with Crippen molar-refractivity contribution in [1.29, 1.82) is 0 Å². The summed E-state index contributed by atoms with van der Waals surface area (Å²) in [6, 6.07) is 15.0. The first-order valence-electron chi connectivity index (χ1n) is 9.07. The summed E-state index contributed by atoms with van der Waals surface area (Å²) in [7, 11) is 3.14. The summed E-state index contributed by atoms with van der Waals surface area (Å²) in [4.78, 5) is 16.7. The van der Waals surface area contributed by atoms with Crippen LogP contribution in [0.2, 0.25) is 0 Å². The van der Waals surface area contributed by atoms with Gasteiger partial charge in [-0.25, -0.2) is 9.37 Å². The molecule has 0 aliphatic carbocycles. The molecule has 1 aromatic heterocycles. The van der Waals surface area contributed by atoms with Crippen molar-refractivity contribution in [2.45, 2.75) is 6.42 Å². The number of halogens is 1. The van der Waals surface area contributed by atoms with E-state index in [9.17, 15) is 9.18 Å². The molecule has 0 unspecified atom stereocenters. The van der Waals surface area contributed by atoms with Crippen LogP contribution in [-0.2, 0) is 6.42 Å². The topological polar surface area (TPSA) is 72.5 Å². The third kappa shape index (κ3) is 5.44. The largest absolute Gasteiger partial charge is 0.493 e. The van der Waals surface area contributed by atoms with Gasteiger partial charge in [0.15, 0.2) is 11.5 Å². The Kier molecular flexibility index (Phi) is 6.63. The molecule has 1 amide bonds. The van der Waals surface area contributed by atoms with Crippen LogP contribution in [0.4, 0.5) is 15.9 Å². The Balaban J connectivity index is 1.61. The standard InChI is InChI=1S/C22H22FN3O3/c1-28-19-8-7-18(14-20(19)29-2)26-21-13-16(10-12-24-21)22(27)25-11-9-15-3-5-17(23)6-4-15/h3-8,10,12-14H,9,11H2,1-2H3,(H,24,26)(H,25,27). The number of benzene rings is 2. The van der Waals surface area contributed by atoms with Crippen LogP contribution in [-0.4, -0.2) is 31.7 Å². The quantitative estimate of drug-likeness (QED) is 0.604. The number of anilines is 2. The highest BCUT2D eigenvalue weighted by atomic mass is 19.1. The molecule has 0 atom stereocenters. The van der Waals surface area contributed by atoms with Crippen LogP contribution in [0.1, 0.15) is 15.9 Å². The van der Waals surface area contributed by atoms with Crippen molar-refractivity contribution in [2.24, 2.45) is 0 Å². The number of hydrogen-bond donors (Lipinski definition) is 2. The lowest BCUT2D eigenvalue weighted by atomic mass is 10.1. The second-order valence-electron chi connectivity index (χ2n) is 6.26. The molecule has 2 N–H and O–H groups in total. The highest BCUT2D eigenvalue weighted by Gasteiger charge is 2.09. The third-order valence-corrected chi connectivity index (χ3v) is 4.29. The van der Waals surface area contributed by atoms with E-state index in [4.69, 9.17) is 9.47 Å². The number of ether oxygens (including phenoxy) is 2. The van der Waals surface area contributed by atoms with Crippen LogP contribution in [0.5, 0.6) is 11.5 Å². The number of hydrogen-bond acceptors (Lipinski definition) is 5. The molecule has 1 heterocycles. The fraction of sp³-hybridized carbons (Fsp3) is 0.182. The molecular formula is C22H22FN3O3. The first-order chi connectivity index (χ1) is 14.1. The number of carbonyl (C=O) groups excluding carboxylic acids is 1. The summed E-state index contributed by atoms with van der Waals surface area (Å²) in [5, 5.41) is 6.01. The van der Waals surface area contributed by atoms with Gasteiger partial charge in [0.2, 0.25) is 0 Å². The molecule has 3 rings (SSSR count). The van der Waals surface area contributed by atoms with Gasteiger partial charge in [0.05, 0.1) is 14.2 Å². The molecule has 0 fully saturated rings. The first kappa shape index (κ1) is 20.1. The summed E-state index contributed by atoms with van der Waals surface area (Å²) >= 11 is 0. The van der Waals surface area contributed by atoms with Crippen molar-refractivity contribution >= 4 is 17.4 Å². The lowest BCUT2D eigenvalue weighted by Crippen LogP contribution is -2.25. The molecule has 3 aromatic rings. The van der Waals surface area contributed by atoms with Gasteiger partial charge in [0.25, 0.3) is 5.91 Å². The lowest BCUT2D eigenvalue weighted by Gasteiger charge is -2.11. The third-order valence-electron chi connectivity index (χ3n) is 4.29. The highest BCUT2D eigenvalue weighted by Crippen LogP contribution is 2.30. The molecule has 2 aromatic carbocycles. The van der Waals surface area contributed by atoms with Crippen molar-refractivity contribution in [3.8, 4) is 11.5 Å². The molecule has 0 spiro atoms. The van der Waals surface area contributed by atoms with Crippen LogP contribution in [0.3, 0.4) is 0 Å². The molecule has 0 saturated heterocycles. The highest BCUT2D eigenvalue weighted by molar-refractivity contribution is 5.94. The number of methoxy groups -OCH3 is 2. The predicted molar refractivity (Wildman–Crippen MR) is 110 cm³/mol. The van der Waals surface area contributed by atoms with Crippen molar-refractivity contribution in [3.63, 3.8) is 0 Å². The zero-order valence-corrected chi connectivity index (χ0v) is 16.2. The summed E-state index contributed by atoms with van der Waals surface area (Å²) in [5.74, 6) is 1.27. The molecule has 29 heavy (non-hydrogen) atoms. The lowest BCUT2D eigenvalue weighted by molar-refractivity contribution is 0.0954. The van der Waals surface area contributed by atoms with Crippen LogP contribution in [0, 0.1) is 5.82 Å². The maximum atomic E-state index is 12.9. The van der Waals surface area contributed by atoms with Crippen molar-refractivity contribution < 1.29 is 18.7 Å². The van der Waals surface area contributed by atoms with Gasteiger partial charge in [0, 0.05) is 30.1 Å². The Labute approximate surface area is 168 Å². The van der Waals surface area contributed by atoms with E-state index in [2.05, 4.69) is 15.6 Å². The number of nitrogens with zero attached hydrogens (tertiary/aromatic N) is 1. The molecular weight excluding hydrogens is 373 g/mol. The Morgan fingerprint density at radius 2 is 1.76 bits per heavy atom. The number of pyridine rings is 1. The molecule has 150 valence electrons. The molecule has 6 nitrogen and oxygen atoms in total. The van der Waals surface area contributed by atoms with E-state index in [1.807, 2.05) is 6.07 Å². The zero-order chi connectivity index (χ0) is 20.6. The minimum atomic E-state index is -0.274. The van der Waals surface area contributed by atoms with Crippen molar-refractivity contribution in [2.75, 3.05) is 26.1 Å². The maximum Gasteiger partial charge on any atom is 0.251 e. The fourth-order valence-corrected chi connectivity index (χ4v) is 2.78. The number of aromatic nitrogens is 1. The number of amides is 1. The molecule has 0 bridgehead atoms. The smallest absolute Gasteiger partial charge is 0.251 e. The van der Waals surface area contributed by atoms with Gasteiger partial charge in [-0.05, 0) is 48.4 Å². The van der Waals surface area contributed by atoms with E-state index in [-0.39, 0.29) is 11.7 Å². The number of rotatable bonds is 8. The molecule has 0 radical (unpaired) electrons.